The van der Waals surface area contributed by atoms with Crippen LogP contribution in [0.3, 0.4) is 0 Å². The molecule has 112 valence electrons. The fourth-order valence-corrected chi connectivity index (χ4v) is 2.30. The van der Waals surface area contributed by atoms with Gasteiger partial charge in [-0.15, -0.1) is 0 Å². The second kappa shape index (κ2) is 6.76. The summed E-state index contributed by atoms with van der Waals surface area (Å²) in [5.41, 5.74) is 1.16. The van der Waals surface area contributed by atoms with E-state index in [-0.39, 0.29) is 5.56 Å². The number of alkyl halides is 3. The molecule has 0 fully saturated rings. The molecule has 2 aromatic carbocycles. The summed E-state index contributed by atoms with van der Waals surface area (Å²) in [5, 5.41) is 3.24. The second-order valence-electron chi connectivity index (χ2n) is 4.88. The molecule has 0 aliphatic heterocycles. The van der Waals surface area contributed by atoms with Crippen LogP contribution < -0.4 is 5.32 Å². The summed E-state index contributed by atoms with van der Waals surface area (Å²) in [6.45, 7) is 3.46. The van der Waals surface area contributed by atoms with E-state index in [2.05, 4.69) is 12.2 Å². The van der Waals surface area contributed by atoms with Gasteiger partial charge in [-0.1, -0.05) is 49.4 Å². The molecular formula is C17H18F3N. The van der Waals surface area contributed by atoms with Crippen LogP contribution in [0.2, 0.25) is 0 Å². The number of rotatable bonds is 5. The highest BCUT2D eigenvalue weighted by atomic mass is 19.4. The van der Waals surface area contributed by atoms with Crippen LogP contribution in [0, 0.1) is 0 Å². The summed E-state index contributed by atoms with van der Waals surface area (Å²) in [6.07, 6.45) is -3.36. The first-order chi connectivity index (χ1) is 10.0. The average molecular weight is 293 g/mol. The lowest BCUT2D eigenvalue weighted by molar-refractivity contribution is -0.137. The second-order valence-corrected chi connectivity index (χ2v) is 4.88. The predicted octanol–water partition coefficient (Wildman–Crippen LogP) is 4.87. The Hall–Kier alpha value is -1.81. The zero-order valence-electron chi connectivity index (χ0n) is 11.9. The van der Waals surface area contributed by atoms with Crippen LogP contribution in [-0.4, -0.2) is 6.54 Å². The van der Waals surface area contributed by atoms with Gasteiger partial charge in [-0.2, -0.15) is 13.2 Å². The Morgan fingerprint density at radius 1 is 0.905 bits per heavy atom. The van der Waals surface area contributed by atoms with Crippen molar-refractivity contribution >= 4 is 0 Å². The van der Waals surface area contributed by atoms with Gasteiger partial charge in [-0.05, 0) is 35.7 Å². The molecule has 0 heterocycles. The number of hydrogen-bond acceptors (Lipinski definition) is 1. The molecule has 1 N–H and O–H groups in total. The van der Waals surface area contributed by atoms with Crippen molar-refractivity contribution in [3.05, 3.63) is 59.7 Å². The molecule has 2 aromatic rings. The lowest BCUT2D eigenvalue weighted by atomic mass is 9.95. The normalized spacial score (nSPS) is 11.6. The van der Waals surface area contributed by atoms with Crippen LogP contribution >= 0.6 is 0 Å². The molecule has 0 unspecified atom stereocenters. The lowest BCUT2D eigenvalue weighted by Crippen LogP contribution is -2.15. The molecule has 0 bridgehead atoms. The van der Waals surface area contributed by atoms with Crippen molar-refractivity contribution in [2.24, 2.45) is 0 Å². The van der Waals surface area contributed by atoms with Crippen LogP contribution in [0.1, 0.15) is 24.5 Å². The van der Waals surface area contributed by atoms with Crippen molar-refractivity contribution in [2.45, 2.75) is 26.1 Å². The smallest absolute Gasteiger partial charge is 0.313 e. The van der Waals surface area contributed by atoms with Crippen molar-refractivity contribution < 1.29 is 13.2 Å². The third-order valence-electron chi connectivity index (χ3n) is 3.28. The van der Waals surface area contributed by atoms with Crippen molar-refractivity contribution in [3.63, 3.8) is 0 Å². The Bertz CT molecular complexity index is 591. The standard InChI is InChI=1S/C17H18F3N/c1-2-11-21-12-13-7-3-4-8-14(13)15-9-5-6-10-16(15)17(18,19)20/h3-10,21H,2,11-12H2,1H3. The van der Waals surface area contributed by atoms with Crippen molar-refractivity contribution in [1.29, 1.82) is 0 Å². The highest BCUT2D eigenvalue weighted by Gasteiger charge is 2.33. The summed E-state index contributed by atoms with van der Waals surface area (Å²) < 4.78 is 39.5. The summed E-state index contributed by atoms with van der Waals surface area (Å²) in [7, 11) is 0. The number of halogens is 3. The SMILES string of the molecule is CCCNCc1ccccc1-c1ccccc1C(F)(F)F. The van der Waals surface area contributed by atoms with Gasteiger partial charge in [0, 0.05) is 6.54 Å². The molecule has 0 saturated heterocycles. The Kier molecular flexibility index (Phi) is 5.02. The molecule has 0 aromatic heterocycles. The zero-order chi connectivity index (χ0) is 15.3. The first-order valence-corrected chi connectivity index (χ1v) is 6.99. The Morgan fingerprint density at radius 3 is 2.19 bits per heavy atom. The van der Waals surface area contributed by atoms with Crippen LogP contribution in [0.15, 0.2) is 48.5 Å². The van der Waals surface area contributed by atoms with Gasteiger partial charge < -0.3 is 5.32 Å². The summed E-state index contributed by atoms with van der Waals surface area (Å²) in [5.74, 6) is 0. The molecule has 0 aliphatic rings. The Labute approximate surface area is 122 Å². The van der Waals surface area contributed by atoms with Crippen molar-refractivity contribution in [3.8, 4) is 11.1 Å². The third kappa shape index (κ3) is 3.85. The van der Waals surface area contributed by atoms with E-state index in [1.807, 2.05) is 12.1 Å². The Morgan fingerprint density at radius 2 is 1.52 bits per heavy atom. The van der Waals surface area contributed by atoms with Gasteiger partial charge in [0.15, 0.2) is 0 Å². The molecule has 0 amide bonds. The maximum Gasteiger partial charge on any atom is 0.417 e. The molecule has 0 radical (unpaired) electrons. The molecule has 0 spiro atoms. The summed E-state index contributed by atoms with van der Waals surface area (Å²) >= 11 is 0. The minimum atomic E-state index is -4.35. The lowest BCUT2D eigenvalue weighted by Gasteiger charge is -2.16. The highest BCUT2D eigenvalue weighted by Crippen LogP contribution is 2.37. The Balaban J connectivity index is 2.43. The molecule has 4 heteroatoms. The molecule has 21 heavy (non-hydrogen) atoms. The van der Waals surface area contributed by atoms with Crippen LogP contribution in [0.4, 0.5) is 13.2 Å². The van der Waals surface area contributed by atoms with Gasteiger partial charge >= 0.3 is 6.18 Å². The summed E-state index contributed by atoms with van der Waals surface area (Å²) in [6, 6.07) is 12.9. The molecule has 0 aliphatic carbocycles. The predicted molar refractivity (Wildman–Crippen MR) is 78.9 cm³/mol. The van der Waals surface area contributed by atoms with E-state index in [4.69, 9.17) is 0 Å². The molecule has 0 atom stereocenters. The maximum absolute atomic E-state index is 13.2. The van der Waals surface area contributed by atoms with Crippen molar-refractivity contribution in [1.82, 2.24) is 5.32 Å². The molecule has 2 rings (SSSR count). The average Bonchev–Trinajstić information content (AvgIpc) is 2.47. The van der Waals surface area contributed by atoms with E-state index in [0.717, 1.165) is 24.6 Å². The van der Waals surface area contributed by atoms with Gasteiger partial charge in [0.1, 0.15) is 0 Å². The third-order valence-corrected chi connectivity index (χ3v) is 3.28. The molecule has 1 nitrogen and oxygen atoms in total. The largest absolute Gasteiger partial charge is 0.417 e. The first kappa shape index (κ1) is 15.6. The van der Waals surface area contributed by atoms with Crippen molar-refractivity contribution in [2.75, 3.05) is 6.54 Å². The molecular weight excluding hydrogens is 275 g/mol. The minimum absolute atomic E-state index is 0.235. The van der Waals surface area contributed by atoms with E-state index < -0.39 is 11.7 Å². The number of nitrogens with one attached hydrogen (secondary N) is 1. The maximum atomic E-state index is 13.2. The number of hydrogen-bond donors (Lipinski definition) is 1. The quantitative estimate of drug-likeness (QED) is 0.775. The minimum Gasteiger partial charge on any atom is -0.313 e. The fourth-order valence-electron chi connectivity index (χ4n) is 2.30. The summed E-state index contributed by atoms with van der Waals surface area (Å²) in [4.78, 5) is 0. The van der Waals surface area contributed by atoms with Crippen LogP contribution in [0.5, 0.6) is 0 Å². The first-order valence-electron chi connectivity index (χ1n) is 6.99. The van der Waals surface area contributed by atoms with E-state index in [9.17, 15) is 13.2 Å². The monoisotopic (exact) mass is 293 g/mol. The zero-order valence-corrected chi connectivity index (χ0v) is 11.9. The molecule has 0 saturated carbocycles. The van der Waals surface area contributed by atoms with E-state index >= 15 is 0 Å². The van der Waals surface area contributed by atoms with Crippen LogP contribution in [0.25, 0.3) is 11.1 Å². The van der Waals surface area contributed by atoms with Crippen LogP contribution in [-0.2, 0) is 12.7 Å². The number of benzene rings is 2. The fraction of sp³-hybridized carbons (Fsp3) is 0.294. The van der Waals surface area contributed by atoms with Gasteiger partial charge in [0.25, 0.3) is 0 Å². The van der Waals surface area contributed by atoms with E-state index in [0.29, 0.717) is 12.1 Å². The van der Waals surface area contributed by atoms with E-state index in [1.165, 1.54) is 12.1 Å². The van der Waals surface area contributed by atoms with E-state index in [1.54, 1.807) is 18.2 Å². The van der Waals surface area contributed by atoms with Gasteiger partial charge in [0.05, 0.1) is 5.56 Å². The van der Waals surface area contributed by atoms with Gasteiger partial charge in [0.2, 0.25) is 0 Å². The topological polar surface area (TPSA) is 12.0 Å². The highest BCUT2D eigenvalue weighted by molar-refractivity contribution is 5.71. The van der Waals surface area contributed by atoms with Gasteiger partial charge in [-0.25, -0.2) is 0 Å². The van der Waals surface area contributed by atoms with Gasteiger partial charge in [-0.3, -0.25) is 0 Å².